The molecule has 0 saturated carbocycles. The Labute approximate surface area is 195 Å². The van der Waals surface area contributed by atoms with E-state index in [0.29, 0.717) is 28.6 Å². The van der Waals surface area contributed by atoms with E-state index in [9.17, 15) is 29.8 Å². The fraction of sp³-hybridized carbons (Fsp3) is 0.0909. The molecule has 2 aromatic carbocycles. The lowest BCUT2D eigenvalue weighted by Crippen LogP contribution is -2.27. The number of benzene rings is 2. The highest BCUT2D eigenvalue weighted by atomic mass is 32.2. The number of furan rings is 1. The Morgan fingerprint density at radius 2 is 1.76 bits per heavy atom. The van der Waals surface area contributed by atoms with Gasteiger partial charge in [0.05, 0.1) is 34.0 Å². The topological polar surface area (TPSA) is 146 Å². The number of nitro benzene ring substituents is 2. The maximum Gasteiger partial charge on any atom is 0.293 e. The summed E-state index contributed by atoms with van der Waals surface area (Å²) in [6.07, 6.45) is 1.39. The van der Waals surface area contributed by atoms with Crippen molar-refractivity contribution in [1.82, 2.24) is 4.90 Å². The van der Waals surface area contributed by atoms with Crippen molar-refractivity contribution in [2.75, 3.05) is 7.11 Å². The van der Waals surface area contributed by atoms with E-state index in [0.717, 1.165) is 4.90 Å². The first-order chi connectivity index (χ1) is 16.3. The van der Waals surface area contributed by atoms with Gasteiger partial charge in [0.25, 0.3) is 22.5 Å². The number of thioether (sulfide) groups is 1. The number of carbonyl (C=O) groups excluding carboxylic acids is 2. The van der Waals surface area contributed by atoms with Crippen molar-refractivity contribution < 1.29 is 28.6 Å². The van der Waals surface area contributed by atoms with Crippen molar-refractivity contribution in [3.05, 3.63) is 91.1 Å². The molecular weight excluding hydrogens is 466 g/mol. The van der Waals surface area contributed by atoms with Gasteiger partial charge in [-0.3, -0.25) is 34.7 Å². The number of nitrogens with zero attached hydrogens (tertiary/aromatic N) is 3. The van der Waals surface area contributed by atoms with E-state index in [1.54, 1.807) is 18.2 Å². The molecule has 3 aromatic rings. The molecule has 0 atom stereocenters. The highest BCUT2D eigenvalue weighted by molar-refractivity contribution is 8.18. The number of imide groups is 1. The monoisotopic (exact) mass is 481 g/mol. The molecule has 1 saturated heterocycles. The first kappa shape index (κ1) is 22.7. The average Bonchev–Trinajstić information content (AvgIpc) is 3.39. The zero-order valence-electron chi connectivity index (χ0n) is 17.5. The molecule has 2 amide bonds. The first-order valence-corrected chi connectivity index (χ1v) is 10.5. The molecule has 0 bridgehead atoms. The number of methoxy groups -OCH3 is 1. The van der Waals surface area contributed by atoms with Gasteiger partial charge in [-0.15, -0.1) is 0 Å². The van der Waals surface area contributed by atoms with Crippen LogP contribution in [0.15, 0.2) is 63.9 Å². The Kier molecular flexibility index (Phi) is 6.15. The quantitative estimate of drug-likeness (QED) is 0.258. The fourth-order valence-corrected chi connectivity index (χ4v) is 4.11. The van der Waals surface area contributed by atoms with E-state index in [1.165, 1.54) is 49.6 Å². The lowest BCUT2D eigenvalue weighted by atomic mass is 10.1. The minimum atomic E-state index is -0.563. The molecule has 12 heteroatoms. The van der Waals surface area contributed by atoms with Crippen LogP contribution in [0.4, 0.5) is 16.2 Å². The minimum Gasteiger partial charge on any atom is -0.496 e. The van der Waals surface area contributed by atoms with Crippen LogP contribution >= 0.6 is 11.8 Å². The van der Waals surface area contributed by atoms with E-state index in [2.05, 4.69) is 0 Å². The van der Waals surface area contributed by atoms with E-state index in [1.807, 2.05) is 0 Å². The lowest BCUT2D eigenvalue weighted by Gasteiger charge is -2.12. The Bertz CT molecular complexity index is 1360. The summed E-state index contributed by atoms with van der Waals surface area (Å²) in [6, 6.07) is 12.9. The smallest absolute Gasteiger partial charge is 0.293 e. The summed E-state index contributed by atoms with van der Waals surface area (Å²) in [6.45, 7) is -0.113. The van der Waals surface area contributed by atoms with Crippen molar-refractivity contribution >= 4 is 40.4 Å². The largest absolute Gasteiger partial charge is 0.496 e. The number of nitro groups is 2. The standard InChI is InChI=1S/C22H15N3O8S/c1-32-18-7-5-15(25(30)31)10-17(18)19-8-6-16(33-19)11-20-21(26)23(22(27)34-20)12-13-3-2-4-14(9-13)24(28)29/h2-11H,12H2,1H3/b20-11+. The van der Waals surface area contributed by atoms with Crippen molar-refractivity contribution in [1.29, 1.82) is 0 Å². The van der Waals surface area contributed by atoms with Gasteiger partial charge in [-0.05, 0) is 35.5 Å². The maximum absolute atomic E-state index is 12.8. The summed E-state index contributed by atoms with van der Waals surface area (Å²) in [5.74, 6) is 0.336. The third-order valence-electron chi connectivity index (χ3n) is 4.90. The molecule has 34 heavy (non-hydrogen) atoms. The van der Waals surface area contributed by atoms with Crippen LogP contribution in [0.5, 0.6) is 5.75 Å². The van der Waals surface area contributed by atoms with Gasteiger partial charge in [-0.1, -0.05) is 12.1 Å². The second-order valence-electron chi connectivity index (χ2n) is 7.04. The average molecular weight is 481 g/mol. The van der Waals surface area contributed by atoms with Crippen molar-refractivity contribution in [3.63, 3.8) is 0 Å². The van der Waals surface area contributed by atoms with Crippen molar-refractivity contribution in [3.8, 4) is 17.1 Å². The number of amides is 2. The highest BCUT2D eigenvalue weighted by Gasteiger charge is 2.35. The normalized spacial score (nSPS) is 14.6. The predicted octanol–water partition coefficient (Wildman–Crippen LogP) is 5.01. The van der Waals surface area contributed by atoms with Gasteiger partial charge in [0.1, 0.15) is 17.3 Å². The fourth-order valence-electron chi connectivity index (χ4n) is 3.29. The number of ether oxygens (including phenoxy) is 1. The van der Waals surface area contributed by atoms with Crippen molar-refractivity contribution in [2.24, 2.45) is 0 Å². The summed E-state index contributed by atoms with van der Waals surface area (Å²) in [7, 11) is 1.42. The van der Waals surface area contributed by atoms with Crippen LogP contribution in [-0.2, 0) is 11.3 Å². The number of hydrogen-bond donors (Lipinski definition) is 0. The summed E-state index contributed by atoms with van der Waals surface area (Å²) in [5, 5.41) is 21.6. The third-order valence-corrected chi connectivity index (χ3v) is 5.80. The summed E-state index contributed by atoms with van der Waals surface area (Å²) in [5.41, 5.74) is 0.515. The second-order valence-corrected chi connectivity index (χ2v) is 8.03. The number of carbonyl (C=O) groups is 2. The summed E-state index contributed by atoms with van der Waals surface area (Å²) in [4.78, 5) is 47.3. The number of non-ortho nitro benzene ring substituents is 2. The van der Waals surface area contributed by atoms with Crippen LogP contribution in [0.25, 0.3) is 17.4 Å². The Morgan fingerprint density at radius 3 is 2.47 bits per heavy atom. The number of hydrogen-bond acceptors (Lipinski definition) is 9. The minimum absolute atomic E-state index is 0.113. The molecule has 0 spiro atoms. The van der Waals surface area contributed by atoms with E-state index in [4.69, 9.17) is 9.15 Å². The maximum atomic E-state index is 12.8. The molecular formula is C22H15N3O8S. The second kappa shape index (κ2) is 9.19. The van der Waals surface area contributed by atoms with Crippen LogP contribution in [0.1, 0.15) is 11.3 Å². The SMILES string of the molecule is COc1ccc([N+](=O)[O-])cc1-c1ccc(/C=C2/SC(=O)N(Cc3cccc([N+](=O)[O-])c3)C2=O)o1. The van der Waals surface area contributed by atoms with Crippen molar-refractivity contribution in [2.45, 2.75) is 6.54 Å². The van der Waals surface area contributed by atoms with Gasteiger partial charge in [0.15, 0.2) is 0 Å². The van der Waals surface area contributed by atoms with Gasteiger partial charge in [0.2, 0.25) is 0 Å². The van der Waals surface area contributed by atoms with Gasteiger partial charge in [-0.25, -0.2) is 0 Å². The van der Waals surface area contributed by atoms with Gasteiger partial charge < -0.3 is 9.15 Å². The molecule has 0 N–H and O–H groups in total. The Morgan fingerprint density at radius 1 is 1.03 bits per heavy atom. The van der Waals surface area contributed by atoms with Gasteiger partial charge in [-0.2, -0.15) is 0 Å². The Balaban J connectivity index is 1.57. The van der Waals surface area contributed by atoms with E-state index >= 15 is 0 Å². The molecule has 1 aliphatic heterocycles. The van der Waals surface area contributed by atoms with Gasteiger partial charge >= 0.3 is 0 Å². The van der Waals surface area contributed by atoms with Crippen LogP contribution in [0.3, 0.4) is 0 Å². The zero-order chi connectivity index (χ0) is 24.4. The molecule has 11 nitrogen and oxygen atoms in total. The van der Waals surface area contributed by atoms with E-state index in [-0.39, 0.29) is 34.3 Å². The molecule has 172 valence electrons. The van der Waals surface area contributed by atoms with Crippen LogP contribution in [0.2, 0.25) is 0 Å². The first-order valence-electron chi connectivity index (χ1n) is 9.68. The zero-order valence-corrected chi connectivity index (χ0v) is 18.3. The lowest BCUT2D eigenvalue weighted by molar-refractivity contribution is -0.385. The van der Waals surface area contributed by atoms with Crippen LogP contribution in [0, 0.1) is 20.2 Å². The Hall–Kier alpha value is -4.45. The predicted molar refractivity (Wildman–Crippen MR) is 122 cm³/mol. The molecule has 4 rings (SSSR count). The molecule has 1 aliphatic rings. The molecule has 2 heterocycles. The third kappa shape index (κ3) is 4.52. The van der Waals surface area contributed by atoms with Crippen LogP contribution in [-0.4, -0.2) is 33.0 Å². The van der Waals surface area contributed by atoms with E-state index < -0.39 is 21.0 Å². The summed E-state index contributed by atoms with van der Waals surface area (Å²) >= 11 is 0.716. The molecule has 1 aromatic heterocycles. The molecule has 1 fully saturated rings. The molecule has 0 radical (unpaired) electrons. The molecule has 0 aliphatic carbocycles. The highest BCUT2D eigenvalue weighted by Crippen LogP contribution is 2.37. The molecule has 0 unspecified atom stereocenters. The van der Waals surface area contributed by atoms with Gasteiger partial charge in [0, 0.05) is 30.3 Å². The summed E-state index contributed by atoms with van der Waals surface area (Å²) < 4.78 is 11.0. The van der Waals surface area contributed by atoms with Crippen LogP contribution < -0.4 is 4.74 Å². The number of rotatable bonds is 7.